The van der Waals surface area contributed by atoms with Crippen molar-refractivity contribution in [3.8, 4) is 0 Å². The van der Waals surface area contributed by atoms with E-state index in [0.717, 1.165) is 0 Å². The molecule has 0 atom stereocenters. The normalized spacial score (nSPS) is 11.7. The van der Waals surface area contributed by atoms with E-state index in [1.54, 1.807) is 24.5 Å². The first-order valence-electron chi connectivity index (χ1n) is 8.33. The second-order valence-electron chi connectivity index (χ2n) is 5.92. The summed E-state index contributed by atoms with van der Waals surface area (Å²) in [6.07, 6.45) is 3.20. The van der Waals surface area contributed by atoms with Gasteiger partial charge in [-0.25, -0.2) is 8.78 Å². The van der Waals surface area contributed by atoms with E-state index in [-0.39, 0.29) is 22.9 Å². The highest BCUT2D eigenvalue weighted by Gasteiger charge is 2.19. The largest absolute Gasteiger partial charge is 0.867 e. The van der Waals surface area contributed by atoms with Gasteiger partial charge < -0.3 is 15.5 Å². The van der Waals surface area contributed by atoms with Gasteiger partial charge in [0.25, 0.3) is 0 Å². The number of hydrogen-bond donors (Lipinski definition) is 2. The quantitative estimate of drug-likeness (QED) is 0.300. The van der Waals surface area contributed by atoms with Gasteiger partial charge in [-0.15, -0.1) is 0 Å². The molecule has 0 saturated heterocycles. The first-order valence-corrected chi connectivity index (χ1v) is 8.74. The van der Waals surface area contributed by atoms with Crippen LogP contribution in [0.1, 0.15) is 11.1 Å². The lowest BCUT2D eigenvalue weighted by Crippen LogP contribution is -2.40. The minimum absolute atomic E-state index is 0.0982. The Balaban J connectivity index is 2.07. The van der Waals surface area contributed by atoms with Crippen LogP contribution in [0, 0.1) is 11.6 Å². The number of thiocarbonyl (C=S) groups is 1. The first-order chi connectivity index (χ1) is 13.5. The number of nitrogens with one attached hydrogen (secondary N) is 1. The van der Waals surface area contributed by atoms with Crippen molar-refractivity contribution >= 4 is 34.3 Å². The first kappa shape index (κ1) is 19.6. The van der Waals surface area contributed by atoms with Gasteiger partial charge in [-0.05, 0) is 53.8 Å². The van der Waals surface area contributed by atoms with Crippen LogP contribution in [0.3, 0.4) is 0 Å². The van der Waals surface area contributed by atoms with Gasteiger partial charge in [0.1, 0.15) is 11.6 Å². The third-order valence-electron chi connectivity index (χ3n) is 3.94. The van der Waals surface area contributed by atoms with Gasteiger partial charge in [0, 0.05) is 17.3 Å². The second kappa shape index (κ2) is 8.69. The highest BCUT2D eigenvalue weighted by molar-refractivity contribution is 7.81. The summed E-state index contributed by atoms with van der Waals surface area (Å²) >= 11 is 5.43. The summed E-state index contributed by atoms with van der Waals surface area (Å²) in [6, 6.07) is 14.0. The van der Waals surface area contributed by atoms with Gasteiger partial charge in [-0.1, -0.05) is 24.4 Å². The third kappa shape index (κ3) is 4.57. The van der Waals surface area contributed by atoms with E-state index in [9.17, 15) is 19.0 Å². The number of aliphatic hydroxyl groups is 1. The van der Waals surface area contributed by atoms with Gasteiger partial charge in [-0.2, -0.15) is 4.57 Å². The SMILES string of the molecule is [O-]C(=C(C(=S)Nc1ccc(F)cc1)[n+]1cccc(CO)c1)c1ccc(F)cc1. The number of aliphatic hydroxyl groups excluding tert-OH is 1. The van der Waals surface area contributed by atoms with Gasteiger partial charge >= 0.3 is 0 Å². The Hall–Kier alpha value is -3.16. The topological polar surface area (TPSA) is 59.2 Å². The summed E-state index contributed by atoms with van der Waals surface area (Å²) in [6.45, 7) is -0.211. The molecule has 0 aliphatic rings. The fraction of sp³-hybridized carbons (Fsp3) is 0.0476. The molecule has 0 spiro atoms. The molecule has 1 heterocycles. The fourth-order valence-corrected chi connectivity index (χ4v) is 2.87. The number of rotatable bonds is 5. The maximum Gasteiger partial charge on any atom is 0.238 e. The standard InChI is InChI=1S/C21H16F2N2O2S/c22-16-5-3-15(4-6-16)20(27)19(25-11-1-2-14(12-25)13-26)21(28)24-18-9-7-17(23)8-10-18/h1-12,26H,13H2,(H-,24,27,28). The number of aromatic nitrogens is 1. The van der Waals surface area contributed by atoms with Crippen molar-refractivity contribution in [3.63, 3.8) is 0 Å². The summed E-state index contributed by atoms with van der Waals surface area (Å²) in [5.74, 6) is -1.28. The van der Waals surface area contributed by atoms with Gasteiger partial charge in [0.05, 0.1) is 6.61 Å². The molecule has 28 heavy (non-hydrogen) atoms. The maximum atomic E-state index is 13.2. The van der Waals surface area contributed by atoms with Crippen molar-refractivity contribution in [1.82, 2.24) is 0 Å². The van der Waals surface area contributed by atoms with Gasteiger partial charge in [-0.3, -0.25) is 0 Å². The molecule has 4 nitrogen and oxygen atoms in total. The predicted molar refractivity (Wildman–Crippen MR) is 105 cm³/mol. The maximum absolute atomic E-state index is 13.2. The minimum Gasteiger partial charge on any atom is -0.867 e. The lowest BCUT2D eigenvalue weighted by Gasteiger charge is -2.17. The van der Waals surface area contributed by atoms with E-state index < -0.39 is 17.4 Å². The number of halogens is 2. The molecule has 0 fully saturated rings. The number of benzene rings is 2. The Labute approximate surface area is 166 Å². The predicted octanol–water partition coefficient (Wildman–Crippen LogP) is 2.87. The second-order valence-corrected chi connectivity index (χ2v) is 6.33. The van der Waals surface area contributed by atoms with Crippen LogP contribution in [0.15, 0.2) is 73.1 Å². The lowest BCUT2D eigenvalue weighted by molar-refractivity contribution is -0.578. The van der Waals surface area contributed by atoms with E-state index in [1.807, 2.05) is 0 Å². The van der Waals surface area contributed by atoms with E-state index in [0.29, 0.717) is 11.3 Å². The number of nitrogens with zero attached hydrogens (tertiary/aromatic N) is 1. The number of pyridine rings is 1. The Morgan fingerprint density at radius 1 is 1.00 bits per heavy atom. The van der Waals surface area contributed by atoms with Crippen molar-refractivity contribution < 1.29 is 23.6 Å². The molecule has 2 N–H and O–H groups in total. The molecule has 2 aromatic carbocycles. The van der Waals surface area contributed by atoms with Crippen molar-refractivity contribution in [2.75, 3.05) is 5.32 Å². The Bertz CT molecular complexity index is 1020. The number of hydrogen-bond acceptors (Lipinski definition) is 3. The van der Waals surface area contributed by atoms with Crippen LogP contribution in [0.5, 0.6) is 0 Å². The lowest BCUT2D eigenvalue weighted by atomic mass is 10.1. The van der Waals surface area contributed by atoms with Crippen LogP contribution in [0.25, 0.3) is 11.5 Å². The zero-order valence-corrected chi connectivity index (χ0v) is 15.4. The smallest absolute Gasteiger partial charge is 0.238 e. The van der Waals surface area contributed by atoms with Crippen LogP contribution in [-0.2, 0) is 6.61 Å². The molecular weight excluding hydrogens is 382 g/mol. The molecule has 0 unspecified atom stereocenters. The fourth-order valence-electron chi connectivity index (χ4n) is 2.56. The summed E-state index contributed by atoms with van der Waals surface area (Å²) in [4.78, 5) is 0.0982. The van der Waals surface area contributed by atoms with Crippen LogP contribution in [0.4, 0.5) is 14.5 Å². The van der Waals surface area contributed by atoms with E-state index in [2.05, 4.69) is 5.32 Å². The Morgan fingerprint density at radius 3 is 2.21 bits per heavy atom. The van der Waals surface area contributed by atoms with Crippen molar-refractivity contribution in [2.24, 2.45) is 0 Å². The highest BCUT2D eigenvalue weighted by Crippen LogP contribution is 2.18. The van der Waals surface area contributed by atoms with Crippen LogP contribution < -0.4 is 15.0 Å². The molecular formula is C21H16F2N2O2S. The summed E-state index contributed by atoms with van der Waals surface area (Å²) < 4.78 is 27.9. The molecule has 0 aliphatic heterocycles. The summed E-state index contributed by atoms with van der Waals surface area (Å²) in [7, 11) is 0. The molecule has 0 amide bonds. The van der Waals surface area contributed by atoms with E-state index in [4.69, 9.17) is 12.2 Å². The Kier molecular flexibility index (Phi) is 6.08. The zero-order valence-electron chi connectivity index (χ0n) is 14.6. The molecule has 0 radical (unpaired) electrons. The van der Waals surface area contributed by atoms with Crippen LogP contribution in [0.2, 0.25) is 0 Å². The molecule has 3 rings (SSSR count). The molecule has 1 aromatic heterocycles. The molecule has 0 bridgehead atoms. The molecule has 142 valence electrons. The molecule has 7 heteroatoms. The third-order valence-corrected chi connectivity index (χ3v) is 4.24. The minimum atomic E-state index is -0.458. The monoisotopic (exact) mass is 398 g/mol. The Morgan fingerprint density at radius 2 is 1.61 bits per heavy atom. The average molecular weight is 398 g/mol. The van der Waals surface area contributed by atoms with Crippen LogP contribution >= 0.6 is 12.2 Å². The summed E-state index contributed by atoms with van der Waals surface area (Å²) in [5.41, 5.74) is 1.45. The van der Waals surface area contributed by atoms with Crippen molar-refractivity contribution in [2.45, 2.75) is 6.61 Å². The van der Waals surface area contributed by atoms with Crippen molar-refractivity contribution in [1.29, 1.82) is 0 Å². The highest BCUT2D eigenvalue weighted by atomic mass is 32.1. The zero-order chi connectivity index (χ0) is 20.1. The van der Waals surface area contributed by atoms with Gasteiger partial charge in [0.15, 0.2) is 17.4 Å². The average Bonchev–Trinajstić information content (AvgIpc) is 2.70. The van der Waals surface area contributed by atoms with E-state index in [1.165, 1.54) is 53.1 Å². The van der Waals surface area contributed by atoms with Gasteiger partial charge in [0.2, 0.25) is 5.70 Å². The van der Waals surface area contributed by atoms with Crippen molar-refractivity contribution in [3.05, 3.63) is 95.8 Å². The molecule has 0 aliphatic carbocycles. The number of anilines is 1. The summed E-state index contributed by atoms with van der Waals surface area (Å²) in [5, 5.41) is 25.4. The molecule has 3 aromatic rings. The van der Waals surface area contributed by atoms with E-state index >= 15 is 0 Å². The molecule has 0 saturated carbocycles. The van der Waals surface area contributed by atoms with Crippen LogP contribution in [-0.4, -0.2) is 10.1 Å².